The highest BCUT2D eigenvalue weighted by atomic mass is 16.5. The van der Waals surface area contributed by atoms with Crippen LogP contribution in [0.3, 0.4) is 0 Å². The summed E-state index contributed by atoms with van der Waals surface area (Å²) in [4.78, 5) is 13.7. The van der Waals surface area contributed by atoms with Gasteiger partial charge in [0.05, 0.1) is 7.11 Å². The Kier molecular flexibility index (Phi) is 13.0. The van der Waals surface area contributed by atoms with Crippen LogP contribution in [0.1, 0.15) is 97.6 Å². The van der Waals surface area contributed by atoms with E-state index in [1.54, 1.807) is 7.11 Å². The lowest BCUT2D eigenvalue weighted by Crippen LogP contribution is -2.25. The number of Topliss-reactive ketones (excluding diaryl/α,β-unsaturated/α-hetero) is 1. The van der Waals surface area contributed by atoms with Gasteiger partial charge in [-0.2, -0.15) is 0 Å². The number of phenolic OH excluding ortho intramolecular Hbond substituents is 1. The fourth-order valence-corrected chi connectivity index (χ4v) is 8.66. The van der Waals surface area contributed by atoms with Gasteiger partial charge in [-0.3, -0.25) is 4.79 Å². The number of fused-ring (bicyclic) bond motifs is 9. The number of ether oxygens (including phenoxy) is 3. The minimum atomic E-state index is -0.506. The van der Waals surface area contributed by atoms with E-state index >= 15 is 0 Å². The van der Waals surface area contributed by atoms with Crippen molar-refractivity contribution in [1.82, 2.24) is 0 Å². The van der Waals surface area contributed by atoms with Crippen LogP contribution in [0, 0.1) is 23.9 Å². The number of aryl methyl sites for hydroxylation is 2. The van der Waals surface area contributed by atoms with Crippen LogP contribution in [-0.2, 0) is 35.4 Å². The van der Waals surface area contributed by atoms with E-state index in [1.807, 2.05) is 36.4 Å². The minimum absolute atomic E-state index is 0.0594. The molecule has 0 amide bonds. The summed E-state index contributed by atoms with van der Waals surface area (Å²) in [7, 11) is 1.63. The molecule has 0 saturated heterocycles. The number of hydrogen-bond acceptors (Lipinski definition) is 7. The van der Waals surface area contributed by atoms with Crippen molar-refractivity contribution in [2.45, 2.75) is 96.2 Å². The number of carbonyl (C=O) groups is 1. The summed E-state index contributed by atoms with van der Waals surface area (Å²) >= 11 is 0. The monoisotopic (exact) mass is 766 g/mol. The van der Waals surface area contributed by atoms with Crippen molar-refractivity contribution in [3.8, 4) is 29.3 Å². The first kappa shape index (κ1) is 39.8. The molecule has 0 aromatic heterocycles. The second-order valence-electron chi connectivity index (χ2n) is 15.8. The molecule has 0 radical (unpaired) electrons. The predicted octanol–water partition coefficient (Wildman–Crippen LogP) is 10.2. The molecule has 3 N–H and O–H groups in total. The Balaban J connectivity index is 1.18. The zero-order valence-electron chi connectivity index (χ0n) is 33.1. The standard InChI is InChI=1S/C50H54O7/c1-33-16-21-42-38-19-22-44-43(47(54)31-45(33)50(42)44)15-9-25-56-41(30-40(52)20-17-35-18-23-48(55-2)49(26-35)57-32-38)28-39-29-46(53)37(14-8-24-51)27-36(39)13-7-6-12-34-10-4-3-5-11-34/h3-5,10-11,16,18-19,21-23,26-27,29,31,33,36,39,41,51,53-54H,6-8,12-15,17,20,24,28,30,32H2,1-2H3/t33-,36+,39+,41+/m1/s1. The van der Waals surface area contributed by atoms with Gasteiger partial charge in [-0.15, -0.1) is 0 Å². The summed E-state index contributed by atoms with van der Waals surface area (Å²) in [5.74, 6) is 5.14. The molecule has 57 heavy (non-hydrogen) atoms. The molecule has 0 unspecified atom stereocenters. The zero-order chi connectivity index (χ0) is 39.7. The number of carbonyl (C=O) groups excluding carboxylic acids is 1. The quantitative estimate of drug-likeness (QED) is 0.103. The van der Waals surface area contributed by atoms with E-state index < -0.39 is 6.10 Å². The van der Waals surface area contributed by atoms with Crippen LogP contribution in [-0.4, -0.2) is 40.9 Å². The summed E-state index contributed by atoms with van der Waals surface area (Å²) in [6, 6.07) is 22.3. The zero-order valence-corrected chi connectivity index (χ0v) is 33.1. The second kappa shape index (κ2) is 18.7. The molecule has 4 aromatic rings. The van der Waals surface area contributed by atoms with Crippen LogP contribution < -0.4 is 9.47 Å². The highest BCUT2D eigenvalue weighted by molar-refractivity contribution is 6.00. The lowest BCUT2D eigenvalue weighted by molar-refractivity contribution is -0.121. The number of ketones is 1. The van der Waals surface area contributed by atoms with E-state index in [-0.39, 0.29) is 54.5 Å². The Bertz CT molecular complexity index is 2220. The Labute approximate surface area is 336 Å². The summed E-state index contributed by atoms with van der Waals surface area (Å²) in [5, 5.41) is 34.0. The molecule has 4 aliphatic rings. The van der Waals surface area contributed by atoms with Gasteiger partial charge in [0, 0.05) is 37.4 Å². The first-order chi connectivity index (χ1) is 27.8. The third-order valence-corrected chi connectivity index (χ3v) is 11.8. The van der Waals surface area contributed by atoms with Gasteiger partial charge in [-0.25, -0.2) is 0 Å². The molecule has 6 bridgehead atoms. The maximum absolute atomic E-state index is 13.7. The maximum Gasteiger partial charge on any atom is 0.161 e. The number of hydrogen-bond donors (Lipinski definition) is 3. The number of aliphatic hydroxyl groups excluding tert-OH is 2. The van der Waals surface area contributed by atoms with Gasteiger partial charge in [-0.05, 0) is 125 Å². The Hall–Kier alpha value is -5.45. The molecule has 4 aromatic carbocycles. The number of aliphatic hydroxyl groups is 2. The van der Waals surface area contributed by atoms with Crippen molar-refractivity contribution in [3.63, 3.8) is 0 Å². The van der Waals surface area contributed by atoms with Crippen molar-refractivity contribution in [2.24, 2.45) is 11.8 Å². The van der Waals surface area contributed by atoms with Gasteiger partial charge in [-0.1, -0.05) is 86.0 Å². The number of benzene rings is 4. The van der Waals surface area contributed by atoms with Crippen molar-refractivity contribution in [2.75, 3.05) is 13.7 Å². The molecule has 7 heteroatoms. The van der Waals surface area contributed by atoms with Gasteiger partial charge < -0.3 is 29.5 Å². The number of unbranched alkanes of at least 4 members (excludes halogenated alkanes) is 1. The Morgan fingerprint density at radius 2 is 1.79 bits per heavy atom. The van der Waals surface area contributed by atoms with E-state index in [4.69, 9.17) is 14.2 Å². The number of rotatable bonds is 11. The van der Waals surface area contributed by atoms with Crippen molar-refractivity contribution < 1.29 is 34.3 Å². The average molecular weight is 767 g/mol. The lowest BCUT2D eigenvalue weighted by Gasteiger charge is -2.30. The SMILES string of the molecule is COc1ccc2cc1OCc1ccc3c(c(O)cc4c3c1C=C[C@H]4C)CC#CO[C@@H](C[C@H]1C=C(O)C(CCCO)=C[C@@H]1CCCCc1ccccc1)CC(=O)CC2. The van der Waals surface area contributed by atoms with Crippen molar-refractivity contribution in [3.05, 3.63) is 130 Å². The van der Waals surface area contributed by atoms with Crippen LogP contribution in [0.25, 0.3) is 16.8 Å². The van der Waals surface area contributed by atoms with Gasteiger partial charge >= 0.3 is 0 Å². The second-order valence-corrected chi connectivity index (χ2v) is 15.8. The Morgan fingerprint density at radius 3 is 2.61 bits per heavy atom. The van der Waals surface area contributed by atoms with Crippen LogP contribution in [0.15, 0.2) is 96.3 Å². The van der Waals surface area contributed by atoms with Gasteiger partial charge in [0.2, 0.25) is 0 Å². The maximum atomic E-state index is 13.7. The number of allylic oxidation sites excluding steroid dienone is 4. The molecule has 7 nitrogen and oxygen atoms in total. The van der Waals surface area contributed by atoms with E-state index in [0.29, 0.717) is 50.2 Å². The first-order valence-corrected chi connectivity index (χ1v) is 20.5. The average Bonchev–Trinajstić information content (AvgIpc) is 3.22. The highest BCUT2D eigenvalue weighted by Gasteiger charge is 2.29. The summed E-state index contributed by atoms with van der Waals surface area (Å²) in [5.41, 5.74) is 7.05. The van der Waals surface area contributed by atoms with Crippen molar-refractivity contribution in [1.29, 1.82) is 0 Å². The topological polar surface area (TPSA) is 105 Å². The molecule has 2 aliphatic heterocycles. The van der Waals surface area contributed by atoms with Crippen LogP contribution in [0.4, 0.5) is 0 Å². The first-order valence-electron chi connectivity index (χ1n) is 20.5. The molecule has 4 atom stereocenters. The molecule has 8 rings (SSSR count). The summed E-state index contributed by atoms with van der Waals surface area (Å²) in [6.07, 6.45) is 17.9. The summed E-state index contributed by atoms with van der Waals surface area (Å²) in [6.45, 7) is 2.52. The molecular weight excluding hydrogens is 713 g/mol. The predicted molar refractivity (Wildman–Crippen MR) is 225 cm³/mol. The van der Waals surface area contributed by atoms with Gasteiger partial charge in [0.15, 0.2) is 11.5 Å². The third-order valence-electron chi connectivity index (χ3n) is 11.8. The van der Waals surface area contributed by atoms with E-state index in [9.17, 15) is 20.1 Å². The van der Waals surface area contributed by atoms with Crippen LogP contribution in [0.2, 0.25) is 0 Å². The highest BCUT2D eigenvalue weighted by Crippen LogP contribution is 2.42. The smallest absolute Gasteiger partial charge is 0.161 e. The lowest BCUT2D eigenvalue weighted by atomic mass is 9.77. The van der Waals surface area contributed by atoms with E-state index in [0.717, 1.165) is 69.8 Å². The van der Waals surface area contributed by atoms with Crippen molar-refractivity contribution >= 4 is 22.6 Å². The molecule has 2 heterocycles. The molecule has 0 saturated carbocycles. The largest absolute Gasteiger partial charge is 0.508 e. The normalized spacial score (nSPS) is 20.6. The fourth-order valence-electron chi connectivity index (χ4n) is 8.66. The summed E-state index contributed by atoms with van der Waals surface area (Å²) < 4.78 is 18.4. The van der Waals surface area contributed by atoms with E-state index in [2.05, 4.69) is 73.6 Å². The molecule has 0 spiro atoms. The molecule has 0 fully saturated rings. The van der Waals surface area contributed by atoms with Gasteiger partial charge in [0.1, 0.15) is 36.1 Å². The number of methoxy groups -OCH3 is 1. The Morgan fingerprint density at radius 1 is 0.930 bits per heavy atom. The molecule has 2 aliphatic carbocycles. The number of phenols is 1. The molecular formula is C50H54O7. The molecule has 296 valence electrons. The third kappa shape index (κ3) is 9.58. The van der Waals surface area contributed by atoms with E-state index in [1.165, 1.54) is 5.56 Å². The van der Waals surface area contributed by atoms with Crippen LogP contribution in [0.5, 0.6) is 17.2 Å². The van der Waals surface area contributed by atoms with Gasteiger partial charge in [0.25, 0.3) is 0 Å². The number of aromatic hydroxyl groups is 1. The fraction of sp³-hybridized carbons (Fsp3) is 0.380. The minimum Gasteiger partial charge on any atom is -0.508 e. The van der Waals surface area contributed by atoms with Crippen LogP contribution >= 0.6 is 0 Å².